The minimum absolute atomic E-state index is 0.493. The molecule has 0 aliphatic heterocycles. The van der Waals surface area contributed by atoms with E-state index in [-0.39, 0.29) is 0 Å². The average molecular weight is 293 g/mol. The first-order valence-electron chi connectivity index (χ1n) is 7.27. The van der Waals surface area contributed by atoms with E-state index in [0.717, 1.165) is 29.1 Å². The zero-order valence-electron chi connectivity index (χ0n) is 12.2. The molecule has 0 atom stereocenters. The van der Waals surface area contributed by atoms with Crippen LogP contribution in [0.15, 0.2) is 11.4 Å². The number of fused-ring (bicyclic) bond motifs is 1. The fourth-order valence-corrected chi connectivity index (χ4v) is 2.93. The predicted molar refractivity (Wildman–Crippen MR) is 87.3 cm³/mol. The second-order valence-electron chi connectivity index (χ2n) is 4.85. The lowest BCUT2D eigenvalue weighted by Gasteiger charge is -2.24. The number of hydrogen-bond acceptors (Lipinski definition) is 6. The van der Waals surface area contributed by atoms with Crippen LogP contribution in [0.5, 0.6) is 0 Å². The van der Waals surface area contributed by atoms with Gasteiger partial charge >= 0.3 is 0 Å². The first kappa shape index (κ1) is 15.0. The summed E-state index contributed by atoms with van der Waals surface area (Å²) in [6, 6.07) is 2.10. The Kier molecular flexibility index (Phi) is 5.55. The van der Waals surface area contributed by atoms with Gasteiger partial charge in [-0.15, -0.1) is 11.3 Å². The van der Waals surface area contributed by atoms with Crippen LogP contribution in [0, 0.1) is 0 Å². The smallest absolute Gasteiger partial charge is 0.240 e. The largest absolute Gasteiger partial charge is 0.356 e. The molecule has 0 radical (unpaired) electrons. The lowest BCUT2D eigenvalue weighted by Crippen LogP contribution is -2.27. The number of hydrazine groups is 1. The third kappa shape index (κ3) is 3.37. The number of nitrogens with zero attached hydrogens (tertiary/aromatic N) is 3. The molecule has 0 aliphatic carbocycles. The van der Waals surface area contributed by atoms with Gasteiger partial charge in [-0.25, -0.2) is 10.8 Å². The highest BCUT2D eigenvalue weighted by molar-refractivity contribution is 7.16. The van der Waals surface area contributed by atoms with Crippen LogP contribution in [-0.4, -0.2) is 23.1 Å². The van der Waals surface area contributed by atoms with Crippen molar-refractivity contribution in [2.45, 2.75) is 39.5 Å². The van der Waals surface area contributed by atoms with Crippen LogP contribution in [0.1, 0.15) is 39.5 Å². The maximum absolute atomic E-state index is 5.49. The van der Waals surface area contributed by atoms with Gasteiger partial charge in [-0.3, -0.25) is 5.43 Å². The molecule has 0 aromatic carbocycles. The highest BCUT2D eigenvalue weighted by Gasteiger charge is 2.14. The van der Waals surface area contributed by atoms with Crippen molar-refractivity contribution < 1.29 is 0 Å². The third-order valence-electron chi connectivity index (χ3n) is 3.30. The van der Waals surface area contributed by atoms with Crippen molar-refractivity contribution in [3.63, 3.8) is 0 Å². The van der Waals surface area contributed by atoms with Gasteiger partial charge < -0.3 is 4.90 Å². The second-order valence-corrected chi connectivity index (χ2v) is 5.74. The minimum Gasteiger partial charge on any atom is -0.356 e. The van der Waals surface area contributed by atoms with E-state index in [9.17, 15) is 0 Å². The van der Waals surface area contributed by atoms with Gasteiger partial charge in [0.15, 0.2) is 0 Å². The van der Waals surface area contributed by atoms with Gasteiger partial charge in [-0.1, -0.05) is 26.7 Å². The van der Waals surface area contributed by atoms with Gasteiger partial charge in [0.1, 0.15) is 10.6 Å². The normalized spacial score (nSPS) is 10.9. The summed E-state index contributed by atoms with van der Waals surface area (Å²) in [4.78, 5) is 12.3. The lowest BCUT2D eigenvalue weighted by molar-refractivity contribution is 0.673. The van der Waals surface area contributed by atoms with E-state index < -0.39 is 0 Å². The topological polar surface area (TPSA) is 67.1 Å². The molecule has 2 aromatic heterocycles. The summed E-state index contributed by atoms with van der Waals surface area (Å²) >= 11 is 1.62. The van der Waals surface area contributed by atoms with Crippen molar-refractivity contribution in [3.8, 4) is 0 Å². The Labute approximate surface area is 124 Å². The molecule has 0 saturated carbocycles. The summed E-state index contributed by atoms with van der Waals surface area (Å²) in [5.41, 5.74) is 2.57. The summed E-state index contributed by atoms with van der Waals surface area (Å²) in [7, 11) is 0. The van der Waals surface area contributed by atoms with E-state index in [1.165, 1.54) is 25.7 Å². The molecule has 6 heteroatoms. The second kappa shape index (κ2) is 7.40. The first-order valence-corrected chi connectivity index (χ1v) is 8.14. The van der Waals surface area contributed by atoms with Crippen molar-refractivity contribution in [1.82, 2.24) is 9.97 Å². The molecule has 0 fully saturated rings. The molecule has 2 aromatic rings. The molecule has 20 heavy (non-hydrogen) atoms. The van der Waals surface area contributed by atoms with E-state index >= 15 is 0 Å². The predicted octanol–water partition coefficient (Wildman–Crippen LogP) is 3.38. The van der Waals surface area contributed by atoms with Crippen molar-refractivity contribution >= 4 is 33.3 Å². The van der Waals surface area contributed by atoms with Crippen molar-refractivity contribution in [2.75, 3.05) is 23.4 Å². The first-order chi connectivity index (χ1) is 9.80. The van der Waals surface area contributed by atoms with E-state index in [2.05, 4.69) is 45.6 Å². The number of anilines is 2. The Morgan fingerprint density at radius 3 is 2.50 bits per heavy atom. The SMILES string of the molecule is CCCCN(CCCC)c1nc(NN)nc2sccc12. The highest BCUT2D eigenvalue weighted by Crippen LogP contribution is 2.29. The summed E-state index contributed by atoms with van der Waals surface area (Å²) in [5.74, 6) is 6.99. The number of nitrogens with one attached hydrogen (secondary N) is 1. The Balaban J connectivity index is 2.36. The third-order valence-corrected chi connectivity index (χ3v) is 4.10. The maximum Gasteiger partial charge on any atom is 0.240 e. The van der Waals surface area contributed by atoms with Crippen LogP contribution in [0.4, 0.5) is 11.8 Å². The molecule has 0 amide bonds. The summed E-state index contributed by atoms with van der Waals surface area (Å²) in [6.07, 6.45) is 4.71. The van der Waals surface area contributed by atoms with Gasteiger partial charge in [0.2, 0.25) is 5.95 Å². The van der Waals surface area contributed by atoms with Crippen LogP contribution in [0.3, 0.4) is 0 Å². The Bertz CT molecular complexity index is 531. The zero-order valence-corrected chi connectivity index (χ0v) is 13.0. The number of nitrogen functional groups attached to an aromatic ring is 1. The molecule has 2 heterocycles. The monoisotopic (exact) mass is 293 g/mol. The summed E-state index contributed by atoms with van der Waals surface area (Å²) in [5, 5.41) is 3.18. The number of thiophene rings is 1. The van der Waals surface area contributed by atoms with Gasteiger partial charge in [-0.05, 0) is 24.3 Å². The lowest BCUT2D eigenvalue weighted by atomic mass is 10.2. The summed E-state index contributed by atoms with van der Waals surface area (Å²) < 4.78 is 0. The minimum atomic E-state index is 0.493. The van der Waals surface area contributed by atoms with Crippen LogP contribution in [-0.2, 0) is 0 Å². The van der Waals surface area contributed by atoms with Gasteiger partial charge in [0.05, 0.1) is 5.39 Å². The molecule has 0 saturated heterocycles. The molecular weight excluding hydrogens is 270 g/mol. The molecule has 0 unspecified atom stereocenters. The van der Waals surface area contributed by atoms with E-state index in [4.69, 9.17) is 5.84 Å². The number of unbranched alkanes of at least 4 members (excludes halogenated alkanes) is 2. The van der Waals surface area contributed by atoms with Crippen LogP contribution in [0.2, 0.25) is 0 Å². The van der Waals surface area contributed by atoms with Crippen molar-refractivity contribution in [2.24, 2.45) is 5.84 Å². The average Bonchev–Trinajstić information content (AvgIpc) is 2.95. The molecule has 5 nitrogen and oxygen atoms in total. The van der Waals surface area contributed by atoms with Crippen molar-refractivity contribution in [1.29, 1.82) is 0 Å². The molecule has 0 aliphatic rings. The van der Waals surface area contributed by atoms with Crippen molar-refractivity contribution in [3.05, 3.63) is 11.4 Å². The Morgan fingerprint density at radius 2 is 1.90 bits per heavy atom. The standard InChI is InChI=1S/C14H23N5S/c1-3-5-8-19(9-6-4-2)12-11-7-10-20-13(11)17-14(16-12)18-15/h7,10H,3-6,8-9,15H2,1-2H3,(H,16,17,18). The number of aromatic nitrogens is 2. The molecule has 3 N–H and O–H groups in total. The summed E-state index contributed by atoms with van der Waals surface area (Å²) in [6.45, 7) is 6.49. The van der Waals surface area contributed by atoms with Gasteiger partial charge in [0, 0.05) is 13.1 Å². The highest BCUT2D eigenvalue weighted by atomic mass is 32.1. The maximum atomic E-state index is 5.49. The molecular formula is C14H23N5S. The molecule has 110 valence electrons. The number of hydrogen-bond donors (Lipinski definition) is 2. The molecule has 0 bridgehead atoms. The fourth-order valence-electron chi connectivity index (χ4n) is 2.17. The van der Waals surface area contributed by atoms with E-state index in [0.29, 0.717) is 5.95 Å². The van der Waals surface area contributed by atoms with Crippen LogP contribution < -0.4 is 16.2 Å². The molecule has 2 rings (SSSR count). The number of rotatable bonds is 8. The zero-order chi connectivity index (χ0) is 14.4. The Hall–Kier alpha value is -1.40. The van der Waals surface area contributed by atoms with E-state index in [1.54, 1.807) is 11.3 Å². The van der Waals surface area contributed by atoms with Crippen LogP contribution >= 0.6 is 11.3 Å². The van der Waals surface area contributed by atoms with E-state index in [1.807, 2.05) is 0 Å². The molecule has 0 spiro atoms. The number of nitrogens with two attached hydrogens (primary N) is 1. The van der Waals surface area contributed by atoms with Crippen LogP contribution in [0.25, 0.3) is 10.2 Å². The fraction of sp³-hybridized carbons (Fsp3) is 0.571. The van der Waals surface area contributed by atoms with Gasteiger partial charge in [0.25, 0.3) is 0 Å². The van der Waals surface area contributed by atoms with Gasteiger partial charge in [-0.2, -0.15) is 4.98 Å². The quantitative estimate of drug-likeness (QED) is 0.577. The Morgan fingerprint density at radius 1 is 1.20 bits per heavy atom.